The molecule has 0 saturated carbocycles. The van der Waals surface area contributed by atoms with E-state index in [-0.39, 0.29) is 5.82 Å². The number of aromatic nitrogens is 2. The molecule has 0 aliphatic carbocycles. The lowest BCUT2D eigenvalue weighted by atomic mass is 10.1. The Morgan fingerprint density at radius 3 is 2.71 bits per heavy atom. The molecule has 0 spiro atoms. The Morgan fingerprint density at radius 1 is 1.29 bits per heavy atom. The van der Waals surface area contributed by atoms with Crippen molar-refractivity contribution in [3.63, 3.8) is 0 Å². The maximum Gasteiger partial charge on any atom is 0.136 e. The van der Waals surface area contributed by atoms with Gasteiger partial charge in [0.25, 0.3) is 0 Å². The first kappa shape index (κ1) is 12.0. The van der Waals surface area contributed by atoms with Crippen molar-refractivity contribution in [1.29, 1.82) is 0 Å². The van der Waals surface area contributed by atoms with Crippen molar-refractivity contribution in [3.8, 4) is 11.3 Å². The molecule has 0 unspecified atom stereocenters. The predicted molar refractivity (Wildman–Crippen MR) is 66.6 cm³/mol. The van der Waals surface area contributed by atoms with E-state index in [1.807, 2.05) is 19.9 Å². The molecule has 0 atom stereocenters. The first-order valence-corrected chi connectivity index (χ1v) is 5.78. The van der Waals surface area contributed by atoms with Gasteiger partial charge < -0.3 is 0 Å². The van der Waals surface area contributed by atoms with E-state index in [1.165, 1.54) is 12.1 Å². The summed E-state index contributed by atoms with van der Waals surface area (Å²) in [6, 6.07) is 6.33. The molecule has 0 bridgehead atoms. The van der Waals surface area contributed by atoms with Crippen LogP contribution >= 0.6 is 11.6 Å². The number of hydrogen-bond acceptors (Lipinski definition) is 2. The van der Waals surface area contributed by atoms with E-state index in [0.29, 0.717) is 23.1 Å². The molecule has 0 radical (unpaired) electrons. The highest BCUT2D eigenvalue weighted by atomic mass is 35.5. The van der Waals surface area contributed by atoms with E-state index in [9.17, 15) is 4.39 Å². The van der Waals surface area contributed by atoms with Crippen LogP contribution in [0.5, 0.6) is 0 Å². The molecule has 0 amide bonds. The van der Waals surface area contributed by atoms with Gasteiger partial charge in [-0.3, -0.25) is 0 Å². The summed E-state index contributed by atoms with van der Waals surface area (Å²) in [4.78, 5) is 8.56. The normalized spacial score (nSPS) is 10.6. The average Bonchev–Trinajstić information content (AvgIpc) is 2.32. The lowest BCUT2D eigenvalue weighted by molar-refractivity contribution is 0.628. The third kappa shape index (κ3) is 2.44. The molecule has 17 heavy (non-hydrogen) atoms. The van der Waals surface area contributed by atoms with Gasteiger partial charge in [-0.1, -0.05) is 30.7 Å². The van der Waals surface area contributed by atoms with Crippen molar-refractivity contribution in [1.82, 2.24) is 9.97 Å². The lowest BCUT2D eigenvalue weighted by Gasteiger charge is -2.08. The highest BCUT2D eigenvalue weighted by molar-refractivity contribution is 6.30. The summed E-state index contributed by atoms with van der Waals surface area (Å²) in [5.41, 5.74) is 2.19. The predicted octanol–water partition coefficient (Wildman–Crippen LogP) is 3.81. The third-order valence-electron chi connectivity index (χ3n) is 2.55. The number of halogens is 2. The molecule has 88 valence electrons. The SMILES string of the molecule is CCc1nc(Cl)c(C)c(-c2cccc(F)c2)n1. The Bertz CT molecular complexity index is 555. The number of nitrogens with zero attached hydrogens (tertiary/aromatic N) is 2. The van der Waals surface area contributed by atoms with Gasteiger partial charge in [0.05, 0.1) is 5.69 Å². The first-order valence-electron chi connectivity index (χ1n) is 5.40. The van der Waals surface area contributed by atoms with Crippen LogP contribution in [0.4, 0.5) is 4.39 Å². The molecule has 1 heterocycles. The van der Waals surface area contributed by atoms with Gasteiger partial charge in [0.2, 0.25) is 0 Å². The fraction of sp³-hybridized carbons (Fsp3) is 0.231. The number of benzene rings is 1. The van der Waals surface area contributed by atoms with Crippen LogP contribution in [0.15, 0.2) is 24.3 Å². The standard InChI is InChI=1S/C13H12ClFN2/c1-3-11-16-12(8(2)13(14)17-11)9-5-4-6-10(15)7-9/h4-7H,3H2,1-2H3. The number of hydrogen-bond donors (Lipinski definition) is 0. The highest BCUT2D eigenvalue weighted by Gasteiger charge is 2.10. The molecule has 2 aromatic rings. The smallest absolute Gasteiger partial charge is 0.136 e. The van der Waals surface area contributed by atoms with E-state index >= 15 is 0 Å². The van der Waals surface area contributed by atoms with Crippen LogP contribution in [0.25, 0.3) is 11.3 Å². The summed E-state index contributed by atoms with van der Waals surface area (Å²) in [5, 5.41) is 0.427. The molecular formula is C13H12ClFN2. The average molecular weight is 251 g/mol. The largest absolute Gasteiger partial charge is 0.233 e. The zero-order valence-electron chi connectivity index (χ0n) is 9.67. The molecule has 0 aliphatic heterocycles. The maximum atomic E-state index is 13.2. The van der Waals surface area contributed by atoms with E-state index in [2.05, 4.69) is 9.97 Å². The lowest BCUT2D eigenvalue weighted by Crippen LogP contribution is -1.99. The Kier molecular flexibility index (Phi) is 3.38. The Morgan fingerprint density at radius 2 is 2.06 bits per heavy atom. The van der Waals surface area contributed by atoms with E-state index in [0.717, 1.165) is 11.1 Å². The fourth-order valence-electron chi connectivity index (χ4n) is 1.61. The minimum atomic E-state index is -0.283. The van der Waals surface area contributed by atoms with E-state index in [4.69, 9.17) is 11.6 Å². The molecular weight excluding hydrogens is 239 g/mol. The molecule has 1 aromatic carbocycles. The molecule has 0 N–H and O–H groups in total. The number of aryl methyl sites for hydroxylation is 1. The van der Waals surface area contributed by atoms with Crippen molar-refractivity contribution < 1.29 is 4.39 Å². The van der Waals surface area contributed by atoms with Gasteiger partial charge in [0.15, 0.2) is 0 Å². The summed E-state index contributed by atoms with van der Waals surface area (Å²) in [6.45, 7) is 3.79. The zero-order chi connectivity index (χ0) is 12.4. The van der Waals surface area contributed by atoms with Crippen LogP contribution in [0, 0.1) is 12.7 Å². The van der Waals surface area contributed by atoms with Gasteiger partial charge in [0.1, 0.15) is 16.8 Å². The van der Waals surface area contributed by atoms with Crippen molar-refractivity contribution >= 4 is 11.6 Å². The quantitative estimate of drug-likeness (QED) is 0.758. The summed E-state index contributed by atoms with van der Waals surface area (Å²) < 4.78 is 13.2. The van der Waals surface area contributed by atoms with Crippen LogP contribution in [-0.2, 0) is 6.42 Å². The highest BCUT2D eigenvalue weighted by Crippen LogP contribution is 2.26. The Hall–Kier alpha value is -1.48. The zero-order valence-corrected chi connectivity index (χ0v) is 10.4. The van der Waals surface area contributed by atoms with E-state index in [1.54, 1.807) is 6.07 Å². The van der Waals surface area contributed by atoms with Crippen LogP contribution in [0.3, 0.4) is 0 Å². The number of rotatable bonds is 2. The summed E-state index contributed by atoms with van der Waals surface area (Å²) in [6.07, 6.45) is 0.697. The first-order chi connectivity index (χ1) is 8.11. The van der Waals surface area contributed by atoms with Crippen LogP contribution in [-0.4, -0.2) is 9.97 Å². The minimum absolute atomic E-state index is 0.283. The van der Waals surface area contributed by atoms with E-state index < -0.39 is 0 Å². The van der Waals surface area contributed by atoms with Crippen molar-refractivity contribution in [2.75, 3.05) is 0 Å². The van der Waals surface area contributed by atoms with Gasteiger partial charge in [-0.15, -0.1) is 0 Å². The Balaban J connectivity index is 2.62. The van der Waals surface area contributed by atoms with Gasteiger partial charge >= 0.3 is 0 Å². The summed E-state index contributed by atoms with van der Waals surface area (Å²) >= 11 is 6.04. The van der Waals surface area contributed by atoms with Crippen LogP contribution < -0.4 is 0 Å². The molecule has 0 fully saturated rings. The van der Waals surface area contributed by atoms with Gasteiger partial charge in [-0.25, -0.2) is 14.4 Å². The van der Waals surface area contributed by atoms with Crippen molar-refractivity contribution in [2.24, 2.45) is 0 Å². The molecule has 4 heteroatoms. The molecule has 0 aliphatic rings. The molecule has 0 saturated heterocycles. The van der Waals surface area contributed by atoms with Crippen LogP contribution in [0.2, 0.25) is 5.15 Å². The second kappa shape index (κ2) is 4.80. The molecule has 2 rings (SSSR count). The van der Waals surface area contributed by atoms with Crippen molar-refractivity contribution in [3.05, 3.63) is 46.6 Å². The van der Waals surface area contributed by atoms with Gasteiger partial charge in [-0.05, 0) is 19.1 Å². The minimum Gasteiger partial charge on any atom is -0.233 e. The van der Waals surface area contributed by atoms with Gasteiger partial charge in [0, 0.05) is 17.5 Å². The summed E-state index contributed by atoms with van der Waals surface area (Å²) in [5.74, 6) is 0.384. The summed E-state index contributed by atoms with van der Waals surface area (Å²) in [7, 11) is 0. The Labute approximate surface area is 104 Å². The topological polar surface area (TPSA) is 25.8 Å². The van der Waals surface area contributed by atoms with Gasteiger partial charge in [-0.2, -0.15) is 0 Å². The maximum absolute atomic E-state index is 13.2. The fourth-order valence-corrected chi connectivity index (χ4v) is 1.79. The third-order valence-corrected chi connectivity index (χ3v) is 2.91. The van der Waals surface area contributed by atoms with Crippen LogP contribution in [0.1, 0.15) is 18.3 Å². The second-order valence-electron chi connectivity index (χ2n) is 3.77. The van der Waals surface area contributed by atoms with Crippen molar-refractivity contribution in [2.45, 2.75) is 20.3 Å². The second-order valence-corrected chi connectivity index (χ2v) is 4.13. The monoisotopic (exact) mass is 250 g/mol. The molecule has 2 nitrogen and oxygen atoms in total. The molecule has 1 aromatic heterocycles.